The zero-order valence-electron chi connectivity index (χ0n) is 15.6. The van der Waals surface area contributed by atoms with E-state index in [9.17, 15) is 36.2 Å². The van der Waals surface area contributed by atoms with Gasteiger partial charge in [0.15, 0.2) is 0 Å². The van der Waals surface area contributed by atoms with Gasteiger partial charge in [0.1, 0.15) is 23.0 Å². The van der Waals surface area contributed by atoms with Crippen molar-refractivity contribution in [2.45, 2.75) is 31.0 Å². The third-order valence-corrected chi connectivity index (χ3v) is 5.09. The van der Waals surface area contributed by atoms with Crippen molar-refractivity contribution in [2.24, 2.45) is 0 Å². The molecule has 0 bridgehead atoms. The van der Waals surface area contributed by atoms with Crippen LogP contribution in [0.2, 0.25) is 0 Å². The molecule has 3 nitrogen and oxygen atoms in total. The van der Waals surface area contributed by atoms with Gasteiger partial charge in [-0.1, -0.05) is 24.8 Å². The third-order valence-electron chi connectivity index (χ3n) is 5.09. The van der Waals surface area contributed by atoms with E-state index in [1.807, 2.05) is 0 Å². The van der Waals surface area contributed by atoms with Gasteiger partial charge >= 0.3 is 6.18 Å². The van der Waals surface area contributed by atoms with Gasteiger partial charge in [0, 0.05) is 17.8 Å². The molecule has 30 heavy (non-hydrogen) atoms. The Morgan fingerprint density at radius 3 is 2.27 bits per heavy atom. The molecule has 0 fully saturated rings. The number of nitrogens with zero attached hydrogens (tertiary/aromatic N) is 1. The second-order valence-electron chi connectivity index (χ2n) is 6.97. The summed E-state index contributed by atoms with van der Waals surface area (Å²) in [6.45, 7) is 2.70. The zero-order chi connectivity index (χ0) is 22.3. The number of fused-ring (bicyclic) bond motifs is 1. The lowest BCUT2D eigenvalue weighted by molar-refractivity contribution is -0.255. The van der Waals surface area contributed by atoms with E-state index < -0.39 is 46.3 Å². The van der Waals surface area contributed by atoms with Gasteiger partial charge in [0.05, 0.1) is 0 Å². The number of carbonyl (C=O) groups excluding carboxylic acids is 1. The van der Waals surface area contributed by atoms with Gasteiger partial charge < -0.3 is 10.0 Å². The number of alkyl halides is 3. The number of hydrogen-bond acceptors (Lipinski definition) is 2. The fourth-order valence-electron chi connectivity index (χ4n) is 3.50. The highest BCUT2D eigenvalue weighted by Gasteiger charge is 2.58. The van der Waals surface area contributed by atoms with Gasteiger partial charge in [-0.3, -0.25) is 4.79 Å². The van der Waals surface area contributed by atoms with Crippen LogP contribution in [-0.4, -0.2) is 23.7 Å². The smallest absolute Gasteiger partial charge is 0.370 e. The monoisotopic (exact) mass is 429 g/mol. The van der Waals surface area contributed by atoms with Crippen molar-refractivity contribution in [2.75, 3.05) is 11.4 Å². The molecule has 3 rings (SSSR count). The number of anilines is 1. The predicted octanol–water partition coefficient (Wildman–Crippen LogP) is 5.18. The van der Waals surface area contributed by atoms with Crippen LogP contribution < -0.4 is 4.90 Å². The Hall–Kier alpha value is -2.81. The van der Waals surface area contributed by atoms with E-state index in [2.05, 4.69) is 6.58 Å². The van der Waals surface area contributed by atoms with E-state index in [1.165, 1.54) is 0 Å². The molecule has 0 radical (unpaired) electrons. The van der Waals surface area contributed by atoms with Crippen LogP contribution in [0.5, 0.6) is 0 Å². The van der Waals surface area contributed by atoms with Crippen molar-refractivity contribution in [1.82, 2.24) is 0 Å². The molecule has 2 aromatic carbocycles. The summed E-state index contributed by atoms with van der Waals surface area (Å²) in [5.74, 6) is -5.11. The summed E-state index contributed by atoms with van der Waals surface area (Å²) in [7, 11) is 0. The molecule has 2 aromatic rings. The van der Waals surface area contributed by atoms with Crippen molar-refractivity contribution >= 4 is 11.6 Å². The predicted molar refractivity (Wildman–Crippen MR) is 97.6 cm³/mol. The van der Waals surface area contributed by atoms with Gasteiger partial charge in [-0.15, -0.1) is 0 Å². The minimum Gasteiger partial charge on any atom is -0.370 e. The van der Waals surface area contributed by atoms with Crippen LogP contribution in [0.25, 0.3) is 0 Å². The Morgan fingerprint density at radius 2 is 1.70 bits per heavy atom. The van der Waals surface area contributed by atoms with E-state index in [-0.39, 0.29) is 24.2 Å². The molecule has 0 aliphatic carbocycles. The molecule has 1 atom stereocenters. The summed E-state index contributed by atoms with van der Waals surface area (Å²) < 4.78 is 81.9. The van der Waals surface area contributed by atoms with E-state index in [0.29, 0.717) is 12.8 Å². The van der Waals surface area contributed by atoms with Gasteiger partial charge in [0.2, 0.25) is 5.60 Å². The van der Waals surface area contributed by atoms with Crippen LogP contribution in [0, 0.1) is 11.6 Å². The molecule has 1 N–H and O–H groups in total. The van der Waals surface area contributed by atoms with Crippen LogP contribution in [0.1, 0.15) is 34.3 Å². The summed E-state index contributed by atoms with van der Waals surface area (Å²) in [6, 6.07) is 5.82. The molecular formula is C21H17F6NO2. The first kappa shape index (κ1) is 21.9. The molecule has 0 saturated heterocycles. The molecule has 1 unspecified atom stereocenters. The number of amides is 1. The minimum atomic E-state index is -5.37. The Labute approximate surface area is 168 Å². The largest absolute Gasteiger partial charge is 0.428 e. The number of hydrogen-bond donors (Lipinski definition) is 1. The maximum Gasteiger partial charge on any atom is 0.428 e. The summed E-state index contributed by atoms with van der Waals surface area (Å²) >= 11 is 0. The first-order valence-electron chi connectivity index (χ1n) is 9.01. The summed E-state index contributed by atoms with van der Waals surface area (Å²) in [5, 5.41) is 10.0. The summed E-state index contributed by atoms with van der Waals surface area (Å²) in [4.78, 5) is 13.9. The minimum absolute atomic E-state index is 0.0817. The zero-order valence-corrected chi connectivity index (χ0v) is 15.6. The van der Waals surface area contributed by atoms with Crippen molar-refractivity contribution in [3.8, 4) is 0 Å². The molecule has 9 heteroatoms. The van der Waals surface area contributed by atoms with Crippen molar-refractivity contribution in [3.05, 3.63) is 77.1 Å². The fourth-order valence-corrected chi connectivity index (χ4v) is 3.50. The molecule has 0 aromatic heterocycles. The number of benzene rings is 2. The van der Waals surface area contributed by atoms with Crippen LogP contribution in [-0.2, 0) is 12.0 Å². The first-order valence-corrected chi connectivity index (χ1v) is 9.01. The lowest BCUT2D eigenvalue weighted by atomic mass is 9.89. The quantitative estimate of drug-likeness (QED) is 0.683. The lowest BCUT2D eigenvalue weighted by Gasteiger charge is -2.30. The average Bonchev–Trinajstić information content (AvgIpc) is 2.87. The van der Waals surface area contributed by atoms with Crippen LogP contribution in [0.3, 0.4) is 0 Å². The summed E-state index contributed by atoms with van der Waals surface area (Å²) in [5.41, 5.74) is -5.15. The highest BCUT2D eigenvalue weighted by molar-refractivity contribution is 6.07. The Morgan fingerprint density at radius 1 is 1.07 bits per heavy atom. The molecular weight excluding hydrogens is 412 g/mol. The second-order valence-corrected chi connectivity index (χ2v) is 6.97. The lowest BCUT2D eigenvalue weighted by Crippen LogP contribution is -2.43. The van der Waals surface area contributed by atoms with E-state index in [1.54, 1.807) is 0 Å². The van der Waals surface area contributed by atoms with E-state index in [0.717, 1.165) is 41.3 Å². The Balaban J connectivity index is 2.11. The topological polar surface area (TPSA) is 40.5 Å². The van der Waals surface area contributed by atoms with Gasteiger partial charge in [-0.05, 0) is 43.0 Å². The average molecular weight is 429 g/mol. The third kappa shape index (κ3) is 3.58. The standard InChI is InChI=1S/C21H17F6NO2/c1-12(22)20(30,21(25,26)27)14-8-9-17-13(11-14)5-2-3-10-28(17)19(29)18-15(23)6-4-7-16(18)24/h4,6-9,11,30H,1-3,5,10H2. The molecule has 1 aliphatic heterocycles. The number of aryl methyl sites for hydroxylation is 1. The molecule has 1 amide bonds. The second kappa shape index (κ2) is 7.79. The van der Waals surface area contributed by atoms with Crippen LogP contribution in [0.15, 0.2) is 48.8 Å². The fraction of sp³-hybridized carbons (Fsp3) is 0.286. The van der Waals surface area contributed by atoms with Crippen molar-refractivity contribution < 1.29 is 36.2 Å². The number of aliphatic hydroxyl groups is 1. The van der Waals surface area contributed by atoms with E-state index >= 15 is 0 Å². The number of carbonyl (C=O) groups is 1. The summed E-state index contributed by atoms with van der Waals surface area (Å²) in [6.07, 6.45) is -4.27. The number of rotatable bonds is 3. The first-order chi connectivity index (χ1) is 14.0. The molecule has 0 saturated carbocycles. The molecule has 0 spiro atoms. The number of halogens is 6. The Bertz CT molecular complexity index is 983. The highest BCUT2D eigenvalue weighted by atomic mass is 19.4. The normalized spacial score (nSPS) is 16.4. The van der Waals surface area contributed by atoms with Crippen molar-refractivity contribution in [1.29, 1.82) is 0 Å². The SMILES string of the molecule is C=C(F)C(O)(c1ccc2c(c1)CCCCN2C(=O)c1c(F)cccc1F)C(F)(F)F. The maximum atomic E-state index is 14.1. The van der Waals surface area contributed by atoms with Gasteiger partial charge in [-0.2, -0.15) is 13.2 Å². The van der Waals surface area contributed by atoms with Crippen molar-refractivity contribution in [3.63, 3.8) is 0 Å². The highest BCUT2D eigenvalue weighted by Crippen LogP contribution is 2.45. The molecule has 1 aliphatic rings. The maximum absolute atomic E-state index is 14.1. The molecule has 1 heterocycles. The Kier molecular flexibility index (Phi) is 5.68. The van der Waals surface area contributed by atoms with Crippen LogP contribution in [0.4, 0.5) is 32.0 Å². The molecule has 160 valence electrons. The van der Waals surface area contributed by atoms with E-state index in [4.69, 9.17) is 0 Å². The van der Waals surface area contributed by atoms with Gasteiger partial charge in [-0.25, -0.2) is 13.2 Å². The van der Waals surface area contributed by atoms with Gasteiger partial charge in [0.25, 0.3) is 5.91 Å². The van der Waals surface area contributed by atoms with Crippen LogP contribution >= 0.6 is 0 Å².